The Morgan fingerprint density at radius 3 is 3.07 bits per heavy atom. The summed E-state index contributed by atoms with van der Waals surface area (Å²) in [6, 6.07) is 1.52. The summed E-state index contributed by atoms with van der Waals surface area (Å²) in [4.78, 5) is 10.7. The highest BCUT2D eigenvalue weighted by molar-refractivity contribution is 9.10. The summed E-state index contributed by atoms with van der Waals surface area (Å²) in [5.74, 6) is 0.896. The SMILES string of the molecule is O=Cc1c(F)cc2c(c1Br)C1CC1C2. The van der Waals surface area contributed by atoms with E-state index in [1.807, 2.05) is 0 Å². The number of hydrogen-bond donors (Lipinski definition) is 0. The van der Waals surface area contributed by atoms with Crippen LogP contribution in [-0.2, 0) is 6.42 Å². The molecule has 1 aromatic carbocycles. The Morgan fingerprint density at radius 1 is 1.57 bits per heavy atom. The molecule has 0 heterocycles. The molecule has 0 spiro atoms. The van der Waals surface area contributed by atoms with Gasteiger partial charge in [-0.25, -0.2) is 4.39 Å². The molecule has 0 radical (unpaired) electrons. The number of halogens is 2. The first-order chi connectivity index (χ1) is 6.72. The van der Waals surface area contributed by atoms with Crippen molar-refractivity contribution in [2.24, 2.45) is 5.92 Å². The number of hydrogen-bond acceptors (Lipinski definition) is 1. The third-order valence-corrected chi connectivity index (χ3v) is 4.12. The summed E-state index contributed by atoms with van der Waals surface area (Å²) in [7, 11) is 0. The van der Waals surface area contributed by atoms with E-state index in [2.05, 4.69) is 15.9 Å². The summed E-state index contributed by atoms with van der Waals surface area (Å²) >= 11 is 3.34. The predicted octanol–water partition coefficient (Wildman–Crippen LogP) is 3.06. The van der Waals surface area contributed by atoms with Crippen LogP contribution in [0.25, 0.3) is 0 Å². The Bertz CT molecular complexity index is 441. The molecule has 1 nitrogen and oxygen atoms in total. The van der Waals surface area contributed by atoms with Gasteiger partial charge >= 0.3 is 0 Å². The normalized spacial score (nSPS) is 27.0. The molecule has 2 unspecified atom stereocenters. The molecule has 2 atom stereocenters. The first kappa shape index (κ1) is 8.60. The van der Waals surface area contributed by atoms with Gasteiger partial charge in [0.1, 0.15) is 5.82 Å². The van der Waals surface area contributed by atoms with E-state index >= 15 is 0 Å². The van der Waals surface area contributed by atoms with Crippen LogP contribution in [-0.4, -0.2) is 6.29 Å². The maximum atomic E-state index is 13.4. The van der Waals surface area contributed by atoms with Crippen LogP contribution >= 0.6 is 15.9 Å². The lowest BCUT2D eigenvalue weighted by molar-refractivity contribution is 0.111. The lowest BCUT2D eigenvalue weighted by Crippen LogP contribution is -1.97. The molecule has 2 aliphatic rings. The minimum Gasteiger partial charge on any atom is -0.298 e. The van der Waals surface area contributed by atoms with Gasteiger partial charge in [-0.15, -0.1) is 0 Å². The fourth-order valence-electron chi connectivity index (χ4n) is 2.49. The molecule has 1 aromatic rings. The number of aldehydes is 1. The third kappa shape index (κ3) is 0.962. The summed E-state index contributed by atoms with van der Waals surface area (Å²) < 4.78 is 14.1. The Labute approximate surface area is 89.4 Å². The van der Waals surface area contributed by atoms with Crippen molar-refractivity contribution in [3.63, 3.8) is 0 Å². The zero-order valence-corrected chi connectivity index (χ0v) is 8.97. The van der Waals surface area contributed by atoms with Crippen molar-refractivity contribution in [3.8, 4) is 0 Å². The van der Waals surface area contributed by atoms with E-state index in [1.165, 1.54) is 18.1 Å². The van der Waals surface area contributed by atoms with E-state index in [9.17, 15) is 9.18 Å². The van der Waals surface area contributed by atoms with Crippen molar-refractivity contribution in [2.75, 3.05) is 0 Å². The highest BCUT2D eigenvalue weighted by Gasteiger charge is 2.46. The zero-order chi connectivity index (χ0) is 9.87. The zero-order valence-electron chi connectivity index (χ0n) is 7.39. The van der Waals surface area contributed by atoms with Gasteiger partial charge in [0, 0.05) is 4.47 Å². The van der Waals surface area contributed by atoms with Crippen molar-refractivity contribution in [1.82, 2.24) is 0 Å². The van der Waals surface area contributed by atoms with Gasteiger partial charge in [0.25, 0.3) is 0 Å². The summed E-state index contributed by atoms with van der Waals surface area (Å²) in [5, 5.41) is 0. The predicted molar refractivity (Wildman–Crippen MR) is 54.0 cm³/mol. The molecule has 3 rings (SSSR count). The Balaban J connectivity index is 2.27. The molecular formula is C11H8BrFO. The maximum absolute atomic E-state index is 13.4. The van der Waals surface area contributed by atoms with E-state index in [-0.39, 0.29) is 5.56 Å². The summed E-state index contributed by atoms with van der Waals surface area (Å²) in [6.07, 6.45) is 2.78. The number of rotatable bonds is 1. The van der Waals surface area contributed by atoms with Crippen molar-refractivity contribution in [1.29, 1.82) is 0 Å². The van der Waals surface area contributed by atoms with Gasteiger partial charge in [0.2, 0.25) is 0 Å². The van der Waals surface area contributed by atoms with Crippen LogP contribution in [0.5, 0.6) is 0 Å². The van der Waals surface area contributed by atoms with Crippen LogP contribution in [0.2, 0.25) is 0 Å². The molecule has 0 saturated heterocycles. The largest absolute Gasteiger partial charge is 0.298 e. The molecule has 3 heteroatoms. The average molecular weight is 255 g/mol. The van der Waals surface area contributed by atoms with E-state index in [0.717, 1.165) is 12.0 Å². The molecule has 72 valence electrons. The van der Waals surface area contributed by atoms with Crippen molar-refractivity contribution in [3.05, 3.63) is 33.0 Å². The van der Waals surface area contributed by atoms with Crippen molar-refractivity contribution in [2.45, 2.75) is 18.8 Å². The minimum absolute atomic E-state index is 0.177. The maximum Gasteiger partial charge on any atom is 0.154 e. The summed E-state index contributed by atoms with van der Waals surface area (Å²) in [5.41, 5.74) is 2.44. The van der Waals surface area contributed by atoms with Crippen molar-refractivity contribution >= 4 is 22.2 Å². The monoisotopic (exact) mass is 254 g/mol. The second-order valence-corrected chi connectivity index (χ2v) is 4.88. The number of carbonyl (C=O) groups excluding carboxylic acids is 1. The van der Waals surface area contributed by atoms with Gasteiger partial charge in [-0.3, -0.25) is 4.79 Å². The van der Waals surface area contributed by atoms with Gasteiger partial charge in [-0.2, -0.15) is 0 Å². The van der Waals surface area contributed by atoms with Crippen LogP contribution in [0.4, 0.5) is 4.39 Å². The highest BCUT2D eigenvalue weighted by Crippen LogP contribution is 2.58. The second kappa shape index (κ2) is 2.66. The molecular weight excluding hydrogens is 247 g/mol. The molecule has 2 aliphatic carbocycles. The van der Waals surface area contributed by atoms with Crippen LogP contribution in [0.15, 0.2) is 10.5 Å². The van der Waals surface area contributed by atoms with E-state index in [4.69, 9.17) is 0 Å². The first-order valence-corrected chi connectivity index (χ1v) is 5.47. The van der Waals surface area contributed by atoms with Gasteiger partial charge in [-0.1, -0.05) is 0 Å². The number of fused-ring (bicyclic) bond motifs is 3. The molecule has 1 saturated carbocycles. The second-order valence-electron chi connectivity index (χ2n) is 4.08. The van der Waals surface area contributed by atoms with Crippen molar-refractivity contribution < 1.29 is 9.18 Å². The van der Waals surface area contributed by atoms with E-state index in [1.54, 1.807) is 0 Å². The topological polar surface area (TPSA) is 17.1 Å². The first-order valence-electron chi connectivity index (χ1n) is 4.68. The van der Waals surface area contributed by atoms with Gasteiger partial charge in [0.05, 0.1) is 5.56 Å². The van der Waals surface area contributed by atoms with Gasteiger partial charge < -0.3 is 0 Å². The Morgan fingerprint density at radius 2 is 2.36 bits per heavy atom. The van der Waals surface area contributed by atoms with Gasteiger partial charge in [-0.05, 0) is 57.8 Å². The molecule has 0 bridgehead atoms. The number of benzene rings is 1. The van der Waals surface area contributed by atoms with Crippen LogP contribution in [0, 0.1) is 11.7 Å². The Hall–Kier alpha value is -0.700. The molecule has 14 heavy (non-hydrogen) atoms. The van der Waals surface area contributed by atoms with Crippen LogP contribution in [0.1, 0.15) is 33.8 Å². The minimum atomic E-state index is -0.396. The quantitative estimate of drug-likeness (QED) is 0.705. The fourth-order valence-corrected chi connectivity index (χ4v) is 3.32. The molecule has 0 N–H and O–H groups in total. The molecule has 1 fully saturated rings. The molecule has 0 aromatic heterocycles. The van der Waals surface area contributed by atoms with E-state index in [0.29, 0.717) is 22.6 Å². The standard InChI is InChI=1S/C11H8BrFO/c12-11-8(4-14)9(13)3-6-1-5-2-7(5)10(6)11/h3-5,7H,1-2H2. The summed E-state index contributed by atoms with van der Waals surface area (Å²) in [6.45, 7) is 0. The fraction of sp³-hybridized carbons (Fsp3) is 0.364. The Kier molecular flexibility index (Phi) is 1.63. The third-order valence-electron chi connectivity index (χ3n) is 3.27. The number of carbonyl (C=O) groups is 1. The molecule has 0 aliphatic heterocycles. The lowest BCUT2D eigenvalue weighted by atomic mass is 10.0. The highest BCUT2D eigenvalue weighted by atomic mass is 79.9. The van der Waals surface area contributed by atoms with Gasteiger partial charge in [0.15, 0.2) is 6.29 Å². The van der Waals surface area contributed by atoms with E-state index < -0.39 is 5.82 Å². The van der Waals surface area contributed by atoms with Crippen LogP contribution in [0.3, 0.4) is 0 Å². The average Bonchev–Trinajstić information content (AvgIpc) is 2.77. The lowest BCUT2D eigenvalue weighted by Gasteiger charge is -2.08. The van der Waals surface area contributed by atoms with Crippen LogP contribution < -0.4 is 0 Å². The smallest absolute Gasteiger partial charge is 0.154 e. The molecule has 0 amide bonds.